The van der Waals surface area contributed by atoms with E-state index in [9.17, 15) is 4.79 Å². The molecule has 8 atom stereocenters. The molecule has 1 heterocycles. The van der Waals surface area contributed by atoms with Gasteiger partial charge in [-0.1, -0.05) is 73.3 Å². The smallest absolute Gasteiger partial charge is 0.227 e. The Morgan fingerprint density at radius 2 is 1.87 bits per heavy atom. The fourth-order valence-electron chi connectivity index (χ4n) is 8.99. The molecule has 0 radical (unpaired) electrons. The van der Waals surface area contributed by atoms with E-state index in [1.54, 1.807) is 0 Å². The molecule has 2 saturated carbocycles. The summed E-state index contributed by atoms with van der Waals surface area (Å²) in [4.78, 5) is 12.7. The molecule has 1 unspecified atom stereocenters. The third kappa shape index (κ3) is 4.04. The van der Waals surface area contributed by atoms with Crippen LogP contribution in [-0.4, -0.2) is 5.91 Å². The maximum Gasteiger partial charge on any atom is 0.227 e. The maximum absolute atomic E-state index is 12.7. The fourth-order valence-corrected chi connectivity index (χ4v) is 8.99. The van der Waals surface area contributed by atoms with Crippen LogP contribution in [0.4, 0.5) is 0 Å². The van der Waals surface area contributed by atoms with E-state index in [-0.39, 0.29) is 11.3 Å². The minimum Gasteiger partial charge on any atom is -0.329 e. The predicted octanol–water partition coefficient (Wildman–Crippen LogP) is 7.74. The molecule has 3 aliphatic carbocycles. The van der Waals surface area contributed by atoms with Gasteiger partial charge in [0, 0.05) is 17.0 Å². The molecule has 1 amide bonds. The van der Waals surface area contributed by atoms with E-state index < -0.39 is 0 Å². The van der Waals surface area contributed by atoms with Gasteiger partial charge < -0.3 is 5.32 Å². The Hall–Kier alpha value is -0.790. The van der Waals surface area contributed by atoms with Crippen molar-refractivity contribution in [3.8, 4) is 0 Å². The van der Waals surface area contributed by atoms with Crippen molar-refractivity contribution in [2.24, 2.45) is 52.3 Å². The molecule has 31 heavy (non-hydrogen) atoms. The largest absolute Gasteiger partial charge is 0.329 e. The summed E-state index contributed by atoms with van der Waals surface area (Å²) in [6.45, 7) is 14.7. The van der Waals surface area contributed by atoms with Crippen LogP contribution in [0, 0.1) is 52.3 Å². The lowest BCUT2D eigenvalue weighted by Gasteiger charge is -2.58. The minimum atomic E-state index is 0.193. The topological polar surface area (TPSA) is 29.1 Å². The lowest BCUT2D eigenvalue weighted by atomic mass is 9.48. The number of amides is 1. The number of allylic oxidation sites excluding steroid dienone is 2. The molecule has 0 bridgehead atoms. The van der Waals surface area contributed by atoms with E-state index in [0.29, 0.717) is 11.3 Å². The predicted molar refractivity (Wildman–Crippen MR) is 130 cm³/mol. The first-order valence-electron chi connectivity index (χ1n) is 13.7. The first kappa shape index (κ1) is 23.4. The van der Waals surface area contributed by atoms with Crippen LogP contribution in [0.2, 0.25) is 0 Å². The fraction of sp³-hybridized carbons (Fsp3) is 0.897. The van der Waals surface area contributed by atoms with E-state index in [0.717, 1.165) is 54.8 Å². The highest BCUT2D eigenvalue weighted by Gasteiger charge is 2.60. The average Bonchev–Trinajstić information content (AvgIpc) is 3.06. The van der Waals surface area contributed by atoms with Crippen LogP contribution in [0.1, 0.15) is 112 Å². The molecule has 0 aromatic rings. The second-order valence-electron chi connectivity index (χ2n) is 12.9. The molecule has 4 aliphatic rings. The zero-order chi connectivity index (χ0) is 22.4. The second kappa shape index (κ2) is 8.86. The molecule has 176 valence electrons. The van der Waals surface area contributed by atoms with Gasteiger partial charge in [-0.3, -0.25) is 4.79 Å². The SMILES string of the molecule is CCCC1C[C@@]2(C)C(=CC[C@H]3[C@@H]4CC[C@H]([C@H](C)CCCC(C)C)[C@@]4(C)CC[C@@H]32)NC1=O. The van der Waals surface area contributed by atoms with Crippen molar-refractivity contribution in [2.75, 3.05) is 0 Å². The molecule has 1 saturated heterocycles. The third-order valence-electron chi connectivity index (χ3n) is 10.6. The first-order valence-corrected chi connectivity index (χ1v) is 13.7. The Labute approximate surface area is 192 Å². The Bertz CT molecular complexity index is 695. The number of hydrogen-bond acceptors (Lipinski definition) is 1. The van der Waals surface area contributed by atoms with Crippen molar-refractivity contribution < 1.29 is 4.79 Å². The summed E-state index contributed by atoms with van der Waals surface area (Å²) in [5.41, 5.74) is 2.02. The van der Waals surface area contributed by atoms with Gasteiger partial charge in [0.15, 0.2) is 0 Å². The number of rotatable bonds is 7. The van der Waals surface area contributed by atoms with Gasteiger partial charge in [0.2, 0.25) is 5.91 Å². The lowest BCUT2D eigenvalue weighted by Crippen LogP contribution is -2.55. The Morgan fingerprint density at radius 1 is 1.10 bits per heavy atom. The summed E-state index contributed by atoms with van der Waals surface area (Å²) in [5.74, 6) is 5.63. The monoisotopic (exact) mass is 427 g/mol. The highest BCUT2D eigenvalue weighted by Crippen LogP contribution is 2.66. The quantitative estimate of drug-likeness (QED) is 0.442. The summed E-state index contributed by atoms with van der Waals surface area (Å²) < 4.78 is 0. The van der Waals surface area contributed by atoms with Gasteiger partial charge >= 0.3 is 0 Å². The Morgan fingerprint density at radius 3 is 2.58 bits per heavy atom. The van der Waals surface area contributed by atoms with Gasteiger partial charge in [-0.15, -0.1) is 0 Å². The van der Waals surface area contributed by atoms with Crippen molar-refractivity contribution in [1.29, 1.82) is 0 Å². The van der Waals surface area contributed by atoms with Crippen molar-refractivity contribution >= 4 is 5.91 Å². The van der Waals surface area contributed by atoms with E-state index in [1.807, 2.05) is 0 Å². The van der Waals surface area contributed by atoms with Gasteiger partial charge in [-0.05, 0) is 85.9 Å². The van der Waals surface area contributed by atoms with Crippen LogP contribution in [0.3, 0.4) is 0 Å². The molecular formula is C29H49NO. The zero-order valence-corrected chi connectivity index (χ0v) is 21.3. The highest BCUT2D eigenvalue weighted by molar-refractivity contribution is 5.82. The Kier molecular flexibility index (Phi) is 6.68. The molecule has 2 heteroatoms. The summed E-state index contributed by atoms with van der Waals surface area (Å²) in [6, 6.07) is 0. The summed E-state index contributed by atoms with van der Waals surface area (Å²) in [7, 11) is 0. The number of piperidine rings is 1. The molecule has 2 nitrogen and oxygen atoms in total. The molecule has 0 aromatic heterocycles. The van der Waals surface area contributed by atoms with Crippen LogP contribution >= 0.6 is 0 Å². The van der Waals surface area contributed by atoms with Crippen LogP contribution in [0.5, 0.6) is 0 Å². The van der Waals surface area contributed by atoms with E-state index in [4.69, 9.17) is 0 Å². The van der Waals surface area contributed by atoms with Gasteiger partial charge in [0.1, 0.15) is 0 Å². The summed E-state index contributed by atoms with van der Waals surface area (Å²) >= 11 is 0. The second-order valence-corrected chi connectivity index (χ2v) is 12.9. The van der Waals surface area contributed by atoms with Crippen LogP contribution < -0.4 is 5.32 Å². The molecule has 0 spiro atoms. The molecule has 3 fully saturated rings. The number of carbonyl (C=O) groups excluding carboxylic acids is 1. The summed E-state index contributed by atoms with van der Waals surface area (Å²) in [6.07, 6.45) is 16.8. The lowest BCUT2D eigenvalue weighted by molar-refractivity contribution is -0.131. The van der Waals surface area contributed by atoms with Crippen LogP contribution in [0.25, 0.3) is 0 Å². The summed E-state index contributed by atoms with van der Waals surface area (Å²) in [5, 5.41) is 3.38. The Balaban J connectivity index is 1.51. The van der Waals surface area contributed by atoms with Crippen molar-refractivity contribution in [1.82, 2.24) is 5.32 Å². The van der Waals surface area contributed by atoms with Gasteiger partial charge in [-0.25, -0.2) is 0 Å². The van der Waals surface area contributed by atoms with Crippen molar-refractivity contribution in [3.05, 3.63) is 11.8 Å². The van der Waals surface area contributed by atoms with Gasteiger partial charge in [0.25, 0.3) is 0 Å². The zero-order valence-electron chi connectivity index (χ0n) is 21.3. The molecular weight excluding hydrogens is 378 g/mol. The molecule has 1 aliphatic heterocycles. The highest BCUT2D eigenvalue weighted by atomic mass is 16.2. The number of hydrogen-bond donors (Lipinski definition) is 1. The van der Waals surface area contributed by atoms with E-state index in [1.165, 1.54) is 57.1 Å². The van der Waals surface area contributed by atoms with Crippen molar-refractivity contribution in [3.63, 3.8) is 0 Å². The number of nitrogens with one attached hydrogen (secondary N) is 1. The van der Waals surface area contributed by atoms with E-state index >= 15 is 0 Å². The van der Waals surface area contributed by atoms with Crippen molar-refractivity contribution in [2.45, 2.75) is 112 Å². The minimum absolute atomic E-state index is 0.193. The molecule has 0 aromatic carbocycles. The molecule has 4 rings (SSSR count). The number of fused-ring (bicyclic) bond motifs is 5. The number of carbonyl (C=O) groups is 1. The molecule has 1 N–H and O–H groups in total. The van der Waals surface area contributed by atoms with Gasteiger partial charge in [0.05, 0.1) is 0 Å². The third-order valence-corrected chi connectivity index (χ3v) is 10.6. The normalized spacial score (nSPS) is 43.0. The van der Waals surface area contributed by atoms with E-state index in [2.05, 4.69) is 52.9 Å². The average molecular weight is 428 g/mol. The first-order chi connectivity index (χ1) is 14.7. The standard InChI is InChI=1S/C29H49NO/c1-7-9-21-18-29(6)25-16-17-28(5)23(20(4)11-8-10-19(2)3)13-14-24(28)22(25)12-15-26(29)30-27(21)31/h15,19-25H,7-14,16-18H2,1-6H3,(H,30,31)/t20-,21?,22+,23-,24+,25+,28-,29-/m1/s1. The maximum atomic E-state index is 12.7. The van der Waals surface area contributed by atoms with Gasteiger partial charge in [-0.2, -0.15) is 0 Å². The van der Waals surface area contributed by atoms with Crippen LogP contribution in [0.15, 0.2) is 11.8 Å². The van der Waals surface area contributed by atoms with Crippen LogP contribution in [-0.2, 0) is 4.79 Å².